The molecule has 0 radical (unpaired) electrons. The van der Waals surface area contributed by atoms with Crippen LogP contribution in [0.25, 0.3) is 33.3 Å². The molecule has 2 aromatic heterocycles. The van der Waals surface area contributed by atoms with Crippen molar-refractivity contribution in [1.29, 1.82) is 0 Å². The Hall–Kier alpha value is -4.79. The van der Waals surface area contributed by atoms with E-state index in [0.29, 0.717) is 0 Å². The third kappa shape index (κ3) is 6.47. The van der Waals surface area contributed by atoms with Gasteiger partial charge >= 0.3 is 21.1 Å². The minimum absolute atomic E-state index is 0. The zero-order chi connectivity index (χ0) is 34.6. The molecule has 0 spiro atoms. The number of fused-ring (bicyclic) bond motifs is 3. The van der Waals surface area contributed by atoms with Crippen LogP contribution in [0.15, 0.2) is 134 Å². The van der Waals surface area contributed by atoms with Gasteiger partial charge in [-0.3, -0.25) is 0 Å². The Balaban J connectivity index is 0.00000406. The second-order valence-electron chi connectivity index (χ2n) is 15.4. The topological polar surface area (TPSA) is 29.0 Å². The van der Waals surface area contributed by atoms with Crippen molar-refractivity contribution >= 4 is 50.9 Å². The fraction of sp³-hybridized carbons (Fsp3) is 0.174. The molecule has 8 rings (SSSR count). The Morgan fingerprint density at radius 2 is 1.14 bits per heavy atom. The van der Waals surface area contributed by atoms with Gasteiger partial charge in [0.05, 0.1) is 0 Å². The second kappa shape index (κ2) is 13.4. The van der Waals surface area contributed by atoms with Gasteiger partial charge < -0.3 is 14.9 Å². The number of aromatic nitrogens is 2. The Morgan fingerprint density at radius 3 is 1.84 bits per heavy atom. The van der Waals surface area contributed by atoms with Gasteiger partial charge in [0.25, 0.3) is 0 Å². The van der Waals surface area contributed by atoms with Crippen LogP contribution in [0, 0.1) is 12.1 Å². The smallest absolute Gasteiger partial charge is 0.352 e. The monoisotopic (exact) mass is 840 g/mol. The molecule has 0 N–H and O–H groups in total. The Kier molecular flexibility index (Phi) is 9.11. The summed E-state index contributed by atoms with van der Waals surface area (Å²) in [6.45, 7) is 13.3. The molecule has 0 saturated carbocycles. The summed E-state index contributed by atoms with van der Waals surface area (Å²) in [5.41, 5.74) is 13.1. The molecule has 0 amide bonds. The normalized spacial score (nSPS) is 12.7. The summed E-state index contributed by atoms with van der Waals surface area (Å²) in [5.74, 6) is 0. The Morgan fingerprint density at radius 1 is 0.549 bits per heavy atom. The van der Waals surface area contributed by atoms with Gasteiger partial charge in [0, 0.05) is 29.2 Å². The van der Waals surface area contributed by atoms with Crippen LogP contribution in [0.1, 0.15) is 52.7 Å². The molecule has 1 aliphatic heterocycles. The number of nitrogens with zero attached hydrogens (tertiary/aromatic N) is 3. The van der Waals surface area contributed by atoms with E-state index in [0.717, 1.165) is 50.5 Å². The standard InChI is InChI=1S/C46H40BN3.Pt/c1-45(2,3)34-23-25-48-40(29-34)32-15-11-16-36(27-32)47-38-18-9-10-19-43(38)50(42-20-12-14-31-13-7-8-17-37(31)42)44-22-21-33(28-39(44)47)41-30-35(24-26-49-41)46(4,5)6;/h7-26,29-30H,1-6H3;/q-2;+2. The second-order valence-corrected chi connectivity index (χ2v) is 15.4. The van der Waals surface area contributed by atoms with E-state index in [1.165, 1.54) is 27.4 Å². The summed E-state index contributed by atoms with van der Waals surface area (Å²) >= 11 is 0. The van der Waals surface area contributed by atoms with Crippen molar-refractivity contribution in [2.75, 3.05) is 4.90 Å². The van der Waals surface area contributed by atoms with Gasteiger partial charge in [-0.1, -0.05) is 108 Å². The van der Waals surface area contributed by atoms with Crippen LogP contribution >= 0.6 is 0 Å². The van der Waals surface area contributed by atoms with Crippen molar-refractivity contribution in [2.45, 2.75) is 52.4 Å². The molecule has 0 aliphatic carbocycles. The summed E-state index contributed by atoms with van der Waals surface area (Å²) < 4.78 is 0. The maximum Gasteiger partial charge on any atom is 2.00 e. The van der Waals surface area contributed by atoms with E-state index < -0.39 is 0 Å². The fourth-order valence-electron chi connectivity index (χ4n) is 7.17. The molecule has 0 atom stereocenters. The van der Waals surface area contributed by atoms with E-state index >= 15 is 0 Å². The van der Waals surface area contributed by atoms with Gasteiger partial charge in [0.2, 0.25) is 6.71 Å². The maximum atomic E-state index is 4.85. The first-order valence-electron chi connectivity index (χ1n) is 17.5. The van der Waals surface area contributed by atoms with Crippen molar-refractivity contribution in [2.24, 2.45) is 0 Å². The first kappa shape index (κ1) is 34.7. The van der Waals surface area contributed by atoms with Crippen molar-refractivity contribution < 1.29 is 21.1 Å². The molecule has 5 aromatic carbocycles. The maximum absolute atomic E-state index is 4.85. The number of pyridine rings is 2. The first-order valence-corrected chi connectivity index (χ1v) is 17.5. The summed E-state index contributed by atoms with van der Waals surface area (Å²) in [6, 6.07) is 51.3. The van der Waals surface area contributed by atoms with Crippen LogP contribution in [-0.4, -0.2) is 16.7 Å². The van der Waals surface area contributed by atoms with Crippen molar-refractivity contribution in [3.8, 4) is 22.5 Å². The van der Waals surface area contributed by atoms with Crippen LogP contribution in [0.5, 0.6) is 0 Å². The molecule has 0 fully saturated rings. The molecule has 3 heterocycles. The Bertz CT molecular complexity index is 2380. The quantitative estimate of drug-likeness (QED) is 0.131. The van der Waals surface area contributed by atoms with Crippen LogP contribution in [0.3, 0.4) is 0 Å². The summed E-state index contributed by atoms with van der Waals surface area (Å²) in [6.07, 6.45) is 3.84. The summed E-state index contributed by atoms with van der Waals surface area (Å²) in [7, 11) is 0. The third-order valence-corrected chi connectivity index (χ3v) is 9.91. The van der Waals surface area contributed by atoms with E-state index in [1.807, 2.05) is 12.4 Å². The SMILES string of the molecule is CC(C)(C)c1ccnc(-c2[c-]c(B3c4[c-]c(-c5cc(C(C)(C)C)ccn5)ccc4N(c4cccc5ccccc45)c4ccccc43)ccc2)c1.[Pt+2]. The van der Waals surface area contributed by atoms with Crippen molar-refractivity contribution in [1.82, 2.24) is 9.97 Å². The molecule has 3 nitrogen and oxygen atoms in total. The van der Waals surface area contributed by atoms with Crippen LogP contribution in [-0.2, 0) is 31.9 Å². The largest absolute Gasteiger partial charge is 2.00 e. The van der Waals surface area contributed by atoms with E-state index in [-0.39, 0.29) is 38.6 Å². The zero-order valence-corrected chi connectivity index (χ0v) is 32.2. The fourth-order valence-corrected chi connectivity index (χ4v) is 7.17. The van der Waals surface area contributed by atoms with Crippen molar-refractivity contribution in [3.05, 3.63) is 157 Å². The molecule has 1 aliphatic rings. The molecular formula is C46H40BN3Pt. The molecule has 0 bridgehead atoms. The summed E-state index contributed by atoms with van der Waals surface area (Å²) in [4.78, 5) is 12.1. The molecule has 0 unspecified atom stereocenters. The molecule has 252 valence electrons. The summed E-state index contributed by atoms with van der Waals surface area (Å²) in [5, 5.41) is 2.41. The minimum atomic E-state index is -0.107. The van der Waals surface area contributed by atoms with Gasteiger partial charge in [-0.25, -0.2) is 0 Å². The Labute approximate surface area is 317 Å². The average Bonchev–Trinajstić information content (AvgIpc) is 3.13. The van der Waals surface area contributed by atoms with Gasteiger partial charge in [0.1, 0.15) is 0 Å². The third-order valence-electron chi connectivity index (χ3n) is 9.91. The molecule has 5 heteroatoms. The first-order chi connectivity index (χ1) is 24.1. The zero-order valence-electron chi connectivity index (χ0n) is 29.9. The van der Waals surface area contributed by atoms with Gasteiger partial charge in [-0.2, -0.15) is 5.46 Å². The van der Waals surface area contributed by atoms with E-state index in [1.54, 1.807) is 0 Å². The van der Waals surface area contributed by atoms with Crippen LogP contribution in [0.4, 0.5) is 17.1 Å². The van der Waals surface area contributed by atoms with Crippen LogP contribution in [0.2, 0.25) is 0 Å². The van der Waals surface area contributed by atoms with Gasteiger partial charge in [-0.05, 0) is 74.1 Å². The molecule has 7 aromatic rings. The minimum Gasteiger partial charge on any atom is -0.352 e. The number of hydrogen-bond donors (Lipinski definition) is 0. The number of benzene rings is 5. The van der Waals surface area contributed by atoms with E-state index in [9.17, 15) is 0 Å². The number of para-hydroxylation sites is 1. The van der Waals surface area contributed by atoms with Gasteiger partial charge in [0.15, 0.2) is 0 Å². The predicted molar refractivity (Wildman–Crippen MR) is 211 cm³/mol. The number of hydrogen-bond acceptors (Lipinski definition) is 3. The predicted octanol–water partition coefficient (Wildman–Crippen LogP) is 9.46. The average molecular weight is 841 g/mol. The molecular weight excluding hydrogens is 800 g/mol. The van der Waals surface area contributed by atoms with Gasteiger partial charge in [-0.15, -0.1) is 59.1 Å². The molecule has 51 heavy (non-hydrogen) atoms. The molecule has 0 saturated heterocycles. The van der Waals surface area contributed by atoms with E-state index in [2.05, 4.69) is 180 Å². The number of rotatable bonds is 4. The van der Waals surface area contributed by atoms with Crippen molar-refractivity contribution in [3.63, 3.8) is 0 Å². The van der Waals surface area contributed by atoms with Crippen LogP contribution < -0.4 is 21.3 Å². The number of anilines is 3. The van der Waals surface area contributed by atoms with E-state index in [4.69, 9.17) is 9.97 Å².